The van der Waals surface area contributed by atoms with Crippen molar-refractivity contribution in [1.82, 2.24) is 5.32 Å². The summed E-state index contributed by atoms with van der Waals surface area (Å²) in [7, 11) is 0. The molecule has 1 atom stereocenters. The maximum atomic E-state index is 13.2. The van der Waals surface area contributed by atoms with Crippen molar-refractivity contribution >= 4 is 11.8 Å². The van der Waals surface area contributed by atoms with Crippen LogP contribution < -0.4 is 5.32 Å². The third-order valence-electron chi connectivity index (χ3n) is 5.85. The lowest BCUT2D eigenvalue weighted by molar-refractivity contribution is -0.139. The fourth-order valence-electron chi connectivity index (χ4n) is 4.39. The first-order valence-corrected chi connectivity index (χ1v) is 10.7. The van der Waals surface area contributed by atoms with Gasteiger partial charge in [0.15, 0.2) is 5.78 Å². The largest absolute Gasteiger partial charge is 0.462 e. The van der Waals surface area contributed by atoms with Crippen molar-refractivity contribution in [2.45, 2.75) is 72.6 Å². The topological polar surface area (TPSA) is 55.4 Å². The van der Waals surface area contributed by atoms with Crippen molar-refractivity contribution in [3.05, 3.63) is 57.9 Å². The van der Waals surface area contributed by atoms with Gasteiger partial charge in [-0.2, -0.15) is 0 Å². The minimum absolute atomic E-state index is 0.0841. The number of hydrogen-bond acceptors (Lipinski definition) is 4. The SMILES string of the molecule is CCCCCOC(=O)C1=C(C)NC2=C(C(=O)CC(C)(C)C2)C1c1ccc(C)cc1. The molecule has 1 aliphatic heterocycles. The highest BCUT2D eigenvalue weighted by Crippen LogP contribution is 2.46. The molecule has 0 amide bonds. The van der Waals surface area contributed by atoms with Gasteiger partial charge in [0.05, 0.1) is 12.2 Å². The molecule has 0 radical (unpaired) electrons. The van der Waals surface area contributed by atoms with Crippen LogP contribution in [0.1, 0.15) is 76.8 Å². The van der Waals surface area contributed by atoms with Gasteiger partial charge >= 0.3 is 5.97 Å². The summed E-state index contributed by atoms with van der Waals surface area (Å²) in [4.78, 5) is 26.3. The zero-order valence-electron chi connectivity index (χ0n) is 18.4. The van der Waals surface area contributed by atoms with Gasteiger partial charge in [-0.05, 0) is 37.7 Å². The molecule has 156 valence electrons. The molecule has 1 heterocycles. The molecule has 4 heteroatoms. The molecular weight excluding hydrogens is 362 g/mol. The molecule has 1 N–H and O–H groups in total. The Labute approximate surface area is 174 Å². The van der Waals surface area contributed by atoms with Crippen LogP contribution in [0.2, 0.25) is 0 Å². The number of ketones is 1. The van der Waals surface area contributed by atoms with E-state index in [1.807, 2.05) is 38.1 Å². The van der Waals surface area contributed by atoms with E-state index >= 15 is 0 Å². The Kier molecular flexibility index (Phi) is 6.30. The van der Waals surface area contributed by atoms with E-state index in [9.17, 15) is 9.59 Å². The van der Waals surface area contributed by atoms with E-state index in [1.165, 1.54) is 0 Å². The molecule has 29 heavy (non-hydrogen) atoms. The number of aryl methyl sites for hydroxylation is 1. The van der Waals surface area contributed by atoms with Gasteiger partial charge in [0, 0.05) is 29.3 Å². The number of carbonyl (C=O) groups excluding carboxylic acids is 2. The van der Waals surface area contributed by atoms with Gasteiger partial charge < -0.3 is 10.1 Å². The van der Waals surface area contributed by atoms with Crippen molar-refractivity contribution in [1.29, 1.82) is 0 Å². The molecule has 0 aromatic heterocycles. The lowest BCUT2D eigenvalue weighted by Gasteiger charge is -2.39. The Morgan fingerprint density at radius 2 is 1.83 bits per heavy atom. The number of dihydropyridines is 1. The molecule has 0 spiro atoms. The summed E-state index contributed by atoms with van der Waals surface area (Å²) >= 11 is 0. The monoisotopic (exact) mass is 395 g/mol. The van der Waals surface area contributed by atoms with Crippen molar-refractivity contribution in [2.75, 3.05) is 6.61 Å². The average Bonchev–Trinajstić information content (AvgIpc) is 2.63. The zero-order valence-corrected chi connectivity index (χ0v) is 18.4. The maximum absolute atomic E-state index is 13.2. The lowest BCUT2D eigenvalue weighted by atomic mass is 9.68. The van der Waals surface area contributed by atoms with E-state index in [1.54, 1.807) is 0 Å². The minimum atomic E-state index is -0.367. The molecule has 0 fully saturated rings. The van der Waals surface area contributed by atoms with Crippen molar-refractivity contribution in [2.24, 2.45) is 5.41 Å². The van der Waals surface area contributed by atoms with E-state index in [0.717, 1.165) is 53.8 Å². The molecule has 0 bridgehead atoms. The maximum Gasteiger partial charge on any atom is 0.336 e. The fraction of sp³-hybridized carbons (Fsp3) is 0.520. The van der Waals surface area contributed by atoms with Crippen LogP contribution >= 0.6 is 0 Å². The third-order valence-corrected chi connectivity index (χ3v) is 5.85. The van der Waals surface area contributed by atoms with Gasteiger partial charge in [-0.1, -0.05) is 63.4 Å². The van der Waals surface area contributed by atoms with Gasteiger partial charge in [0.25, 0.3) is 0 Å². The standard InChI is InChI=1S/C25H33NO3/c1-6-7-8-13-29-24(28)21-17(3)26-19-14-25(4,5)15-20(27)23(19)22(21)18-11-9-16(2)10-12-18/h9-12,22,26H,6-8,13-15H2,1-5H3. The number of esters is 1. The van der Waals surface area contributed by atoms with Crippen LogP contribution in [0.4, 0.5) is 0 Å². The van der Waals surface area contributed by atoms with Gasteiger partial charge in [-0.25, -0.2) is 4.79 Å². The normalized spacial score (nSPS) is 21.0. The summed E-state index contributed by atoms with van der Waals surface area (Å²) in [6.07, 6.45) is 4.26. The predicted octanol–water partition coefficient (Wildman–Crippen LogP) is 5.33. The molecule has 3 rings (SSSR count). The first-order chi connectivity index (χ1) is 13.7. The van der Waals surface area contributed by atoms with Gasteiger partial charge in [-0.3, -0.25) is 4.79 Å². The Morgan fingerprint density at radius 1 is 1.14 bits per heavy atom. The van der Waals surface area contributed by atoms with Crippen LogP contribution in [0.5, 0.6) is 0 Å². The minimum Gasteiger partial charge on any atom is -0.462 e. The summed E-state index contributed by atoms with van der Waals surface area (Å²) in [5.41, 5.74) is 5.09. The van der Waals surface area contributed by atoms with Crippen LogP contribution in [0.25, 0.3) is 0 Å². The quantitative estimate of drug-likeness (QED) is 0.522. The number of unbranched alkanes of at least 4 members (excludes halogenated alkanes) is 2. The second kappa shape index (κ2) is 8.56. The molecule has 1 aromatic rings. The Morgan fingerprint density at radius 3 is 2.48 bits per heavy atom. The molecular formula is C25H33NO3. The number of nitrogens with one attached hydrogen (secondary N) is 1. The van der Waals surface area contributed by atoms with E-state index < -0.39 is 0 Å². The lowest BCUT2D eigenvalue weighted by Crippen LogP contribution is -2.38. The molecule has 1 unspecified atom stereocenters. The summed E-state index contributed by atoms with van der Waals surface area (Å²) in [6, 6.07) is 8.13. The first kappa shape index (κ1) is 21.4. The van der Waals surface area contributed by atoms with E-state index in [-0.39, 0.29) is 23.1 Å². The number of ether oxygens (including phenoxy) is 1. The fourth-order valence-corrected chi connectivity index (χ4v) is 4.39. The second-order valence-electron chi connectivity index (χ2n) is 9.18. The van der Waals surface area contributed by atoms with Crippen LogP contribution in [-0.2, 0) is 14.3 Å². The highest BCUT2D eigenvalue weighted by Gasteiger charge is 2.43. The van der Waals surface area contributed by atoms with E-state index in [4.69, 9.17) is 4.74 Å². The number of rotatable bonds is 6. The highest BCUT2D eigenvalue weighted by molar-refractivity contribution is 6.04. The second-order valence-corrected chi connectivity index (χ2v) is 9.18. The Balaban J connectivity index is 2.01. The molecule has 2 aliphatic rings. The van der Waals surface area contributed by atoms with E-state index in [0.29, 0.717) is 18.6 Å². The molecule has 1 aliphatic carbocycles. The molecule has 4 nitrogen and oxygen atoms in total. The van der Waals surface area contributed by atoms with Crippen LogP contribution in [-0.4, -0.2) is 18.4 Å². The number of benzene rings is 1. The van der Waals surface area contributed by atoms with Crippen LogP contribution in [0.15, 0.2) is 46.8 Å². The van der Waals surface area contributed by atoms with Gasteiger partial charge in [0.1, 0.15) is 0 Å². The number of hydrogen-bond donors (Lipinski definition) is 1. The van der Waals surface area contributed by atoms with E-state index in [2.05, 4.69) is 26.1 Å². The summed E-state index contributed by atoms with van der Waals surface area (Å²) in [6.45, 7) is 10.7. The van der Waals surface area contributed by atoms with Crippen molar-refractivity contribution < 1.29 is 14.3 Å². The molecule has 0 saturated carbocycles. The van der Waals surface area contributed by atoms with Crippen LogP contribution in [0, 0.1) is 12.3 Å². The van der Waals surface area contributed by atoms with Crippen molar-refractivity contribution in [3.63, 3.8) is 0 Å². The number of Topliss-reactive ketones (excluding diaryl/α,β-unsaturated/α-hetero) is 1. The zero-order chi connectivity index (χ0) is 21.2. The number of carbonyl (C=O) groups is 2. The smallest absolute Gasteiger partial charge is 0.336 e. The molecule has 0 saturated heterocycles. The Bertz CT molecular complexity index is 859. The van der Waals surface area contributed by atoms with Gasteiger partial charge in [-0.15, -0.1) is 0 Å². The van der Waals surface area contributed by atoms with Crippen LogP contribution in [0.3, 0.4) is 0 Å². The predicted molar refractivity (Wildman–Crippen MR) is 115 cm³/mol. The third kappa shape index (κ3) is 4.63. The summed E-state index contributed by atoms with van der Waals surface area (Å²) in [5.74, 6) is -0.562. The number of allylic oxidation sites excluding steroid dienone is 3. The summed E-state index contributed by atoms with van der Waals surface area (Å²) in [5, 5.41) is 3.39. The first-order valence-electron chi connectivity index (χ1n) is 10.7. The average molecular weight is 396 g/mol. The Hall–Kier alpha value is -2.36. The highest BCUT2D eigenvalue weighted by atomic mass is 16.5. The summed E-state index contributed by atoms with van der Waals surface area (Å²) < 4.78 is 5.61. The molecule has 1 aromatic carbocycles. The van der Waals surface area contributed by atoms with Crippen molar-refractivity contribution in [3.8, 4) is 0 Å². The van der Waals surface area contributed by atoms with Gasteiger partial charge in [0.2, 0.25) is 0 Å².